The second kappa shape index (κ2) is 3.59. The van der Waals surface area contributed by atoms with Crippen molar-refractivity contribution in [2.75, 3.05) is 18.8 Å². The molecule has 0 amide bonds. The topological polar surface area (TPSA) is 3.24 Å². The summed E-state index contributed by atoms with van der Waals surface area (Å²) < 4.78 is 2.75. The minimum Gasteiger partial charge on any atom is -0.263 e. The lowest BCUT2D eigenvalue weighted by atomic mass is 10.0. The van der Waals surface area contributed by atoms with E-state index in [4.69, 9.17) is 0 Å². The Hall–Kier alpha value is 0.310. The van der Waals surface area contributed by atoms with Crippen LogP contribution in [-0.2, 0) is 0 Å². The Kier molecular flexibility index (Phi) is 3.11. The summed E-state index contributed by atoms with van der Waals surface area (Å²) in [5.41, 5.74) is 0. The molecule has 0 saturated carbocycles. The van der Waals surface area contributed by atoms with Gasteiger partial charge in [0.25, 0.3) is 0 Å². The standard InChI is InChI=1S/C10H23NS/c1-9-7-6-8-10(2)11(9)12(3,4)5/h9-10H,6-8H2,1-5H3. The molecular formula is C10H23NS. The fourth-order valence-corrected chi connectivity index (χ4v) is 4.85. The zero-order valence-corrected chi connectivity index (χ0v) is 9.95. The number of hydrogen-bond acceptors (Lipinski definition) is 1. The number of hydrogen-bond donors (Lipinski definition) is 0. The van der Waals surface area contributed by atoms with Gasteiger partial charge in [0.1, 0.15) is 0 Å². The van der Waals surface area contributed by atoms with Crippen molar-refractivity contribution in [2.24, 2.45) is 0 Å². The molecule has 1 fully saturated rings. The van der Waals surface area contributed by atoms with E-state index >= 15 is 0 Å². The van der Waals surface area contributed by atoms with Gasteiger partial charge >= 0.3 is 0 Å². The minimum absolute atomic E-state index is 0.491. The van der Waals surface area contributed by atoms with Gasteiger partial charge in [0, 0.05) is 12.1 Å². The predicted molar refractivity (Wildman–Crippen MR) is 60.0 cm³/mol. The molecule has 0 aromatic rings. The summed E-state index contributed by atoms with van der Waals surface area (Å²) in [6, 6.07) is 1.62. The number of piperidine rings is 1. The summed E-state index contributed by atoms with van der Waals surface area (Å²) in [5, 5.41) is 0. The van der Waals surface area contributed by atoms with Crippen molar-refractivity contribution < 1.29 is 0 Å². The highest BCUT2D eigenvalue weighted by molar-refractivity contribution is 8.30. The van der Waals surface area contributed by atoms with Gasteiger partial charge in [-0.3, -0.25) is 4.31 Å². The molecule has 74 valence electrons. The molecule has 2 unspecified atom stereocenters. The molecular weight excluding hydrogens is 166 g/mol. The molecule has 0 N–H and O–H groups in total. The van der Waals surface area contributed by atoms with Crippen molar-refractivity contribution >= 4 is 10.2 Å². The molecule has 1 rings (SSSR count). The van der Waals surface area contributed by atoms with E-state index in [2.05, 4.69) is 36.9 Å². The van der Waals surface area contributed by atoms with Crippen LogP contribution in [0.5, 0.6) is 0 Å². The highest BCUT2D eigenvalue weighted by Gasteiger charge is 2.30. The van der Waals surface area contributed by atoms with Gasteiger partial charge in [-0.15, -0.1) is 0 Å². The SMILES string of the molecule is CC1CCCC(C)N1S(C)(C)C. The van der Waals surface area contributed by atoms with Gasteiger partial charge in [0.2, 0.25) is 0 Å². The van der Waals surface area contributed by atoms with Crippen LogP contribution in [0.15, 0.2) is 0 Å². The van der Waals surface area contributed by atoms with Crippen molar-refractivity contribution in [3.05, 3.63) is 0 Å². The van der Waals surface area contributed by atoms with E-state index in [1.54, 1.807) is 0 Å². The molecule has 1 nitrogen and oxygen atoms in total. The van der Waals surface area contributed by atoms with E-state index in [9.17, 15) is 0 Å². The molecule has 0 aromatic heterocycles. The Labute approximate surface area is 79.0 Å². The first-order valence-corrected chi connectivity index (χ1v) is 7.71. The molecule has 0 aromatic carbocycles. The highest BCUT2D eigenvalue weighted by Crippen LogP contribution is 2.46. The molecule has 0 radical (unpaired) electrons. The van der Waals surface area contributed by atoms with Gasteiger partial charge in [0.05, 0.1) is 0 Å². The molecule has 12 heavy (non-hydrogen) atoms. The average molecular weight is 189 g/mol. The molecule has 1 heterocycles. The zero-order chi connectivity index (χ0) is 9.35. The van der Waals surface area contributed by atoms with Gasteiger partial charge < -0.3 is 0 Å². The maximum atomic E-state index is 2.75. The van der Waals surface area contributed by atoms with Crippen LogP contribution >= 0.6 is 10.2 Å². The monoisotopic (exact) mass is 189 g/mol. The minimum atomic E-state index is -0.491. The van der Waals surface area contributed by atoms with Gasteiger partial charge in [0.15, 0.2) is 0 Å². The molecule has 2 atom stereocenters. The van der Waals surface area contributed by atoms with Crippen molar-refractivity contribution in [1.29, 1.82) is 0 Å². The fourth-order valence-electron chi connectivity index (χ4n) is 2.48. The Morgan fingerprint density at radius 2 is 1.42 bits per heavy atom. The predicted octanol–water partition coefficient (Wildman–Crippen LogP) is 2.86. The van der Waals surface area contributed by atoms with E-state index in [0.29, 0.717) is 0 Å². The van der Waals surface area contributed by atoms with E-state index in [1.807, 2.05) is 0 Å². The molecule has 0 bridgehead atoms. The highest BCUT2D eigenvalue weighted by atomic mass is 32.3. The molecule has 0 spiro atoms. The number of nitrogens with zero attached hydrogens (tertiary/aromatic N) is 1. The van der Waals surface area contributed by atoms with E-state index < -0.39 is 10.2 Å². The van der Waals surface area contributed by atoms with Crippen LogP contribution < -0.4 is 0 Å². The molecule has 2 heteroatoms. The van der Waals surface area contributed by atoms with Crippen LogP contribution in [0.3, 0.4) is 0 Å². The van der Waals surface area contributed by atoms with Crippen LogP contribution in [0, 0.1) is 0 Å². The van der Waals surface area contributed by atoms with Crippen molar-refractivity contribution in [2.45, 2.75) is 45.2 Å². The molecule has 1 saturated heterocycles. The Bertz CT molecular complexity index is 140. The summed E-state index contributed by atoms with van der Waals surface area (Å²) in [5.74, 6) is 0. The Balaban J connectivity index is 2.69. The first kappa shape index (κ1) is 10.4. The Morgan fingerprint density at radius 1 is 1.00 bits per heavy atom. The lowest BCUT2D eigenvalue weighted by Gasteiger charge is -2.50. The van der Waals surface area contributed by atoms with E-state index in [-0.39, 0.29) is 0 Å². The van der Waals surface area contributed by atoms with Crippen LogP contribution in [0.25, 0.3) is 0 Å². The maximum absolute atomic E-state index is 2.75. The zero-order valence-electron chi connectivity index (χ0n) is 9.13. The lowest BCUT2D eigenvalue weighted by molar-refractivity contribution is 0.218. The summed E-state index contributed by atoms with van der Waals surface area (Å²) in [6.07, 6.45) is 11.4. The third-order valence-electron chi connectivity index (χ3n) is 2.75. The number of rotatable bonds is 1. The van der Waals surface area contributed by atoms with Crippen molar-refractivity contribution in [3.63, 3.8) is 0 Å². The van der Waals surface area contributed by atoms with E-state index in [1.165, 1.54) is 19.3 Å². The van der Waals surface area contributed by atoms with Gasteiger partial charge in [-0.05, 0) is 45.5 Å². The first-order valence-electron chi connectivity index (χ1n) is 4.89. The van der Waals surface area contributed by atoms with Crippen LogP contribution in [0.1, 0.15) is 33.1 Å². The second-order valence-electron chi connectivity index (χ2n) is 4.76. The quantitative estimate of drug-likeness (QED) is 0.613. The van der Waals surface area contributed by atoms with Crippen molar-refractivity contribution in [1.82, 2.24) is 4.31 Å². The summed E-state index contributed by atoms with van der Waals surface area (Å²) in [6.45, 7) is 4.77. The summed E-state index contributed by atoms with van der Waals surface area (Å²) in [4.78, 5) is 0. The van der Waals surface area contributed by atoms with Gasteiger partial charge in [-0.25, -0.2) is 0 Å². The summed E-state index contributed by atoms with van der Waals surface area (Å²) in [7, 11) is -0.491. The second-order valence-corrected chi connectivity index (χ2v) is 8.73. The van der Waals surface area contributed by atoms with E-state index in [0.717, 1.165) is 12.1 Å². The average Bonchev–Trinajstić information content (AvgIpc) is 1.82. The third kappa shape index (κ3) is 2.17. The first-order chi connectivity index (χ1) is 5.43. The fraction of sp³-hybridized carbons (Fsp3) is 1.00. The lowest BCUT2D eigenvalue weighted by Crippen LogP contribution is -2.44. The summed E-state index contributed by atoms with van der Waals surface area (Å²) >= 11 is 0. The maximum Gasteiger partial charge on any atom is 0.0161 e. The van der Waals surface area contributed by atoms with Crippen LogP contribution in [-0.4, -0.2) is 35.2 Å². The van der Waals surface area contributed by atoms with Gasteiger partial charge in [-0.2, -0.15) is 10.2 Å². The third-order valence-corrected chi connectivity index (χ3v) is 4.73. The smallest absolute Gasteiger partial charge is 0.0161 e. The molecule has 1 aliphatic heterocycles. The normalized spacial score (nSPS) is 35.1. The molecule has 1 aliphatic rings. The van der Waals surface area contributed by atoms with Crippen LogP contribution in [0.2, 0.25) is 0 Å². The Morgan fingerprint density at radius 3 is 1.67 bits per heavy atom. The van der Waals surface area contributed by atoms with Crippen LogP contribution in [0.4, 0.5) is 0 Å². The molecule has 0 aliphatic carbocycles. The van der Waals surface area contributed by atoms with Gasteiger partial charge in [-0.1, -0.05) is 6.42 Å². The largest absolute Gasteiger partial charge is 0.263 e. The van der Waals surface area contributed by atoms with Crippen molar-refractivity contribution in [3.8, 4) is 0 Å².